The normalized spacial score (nSPS) is 10.5. The molecule has 0 aliphatic heterocycles. The van der Waals surface area contributed by atoms with Gasteiger partial charge in [-0.3, -0.25) is 9.78 Å². The Kier molecular flexibility index (Phi) is 7.14. The van der Waals surface area contributed by atoms with Gasteiger partial charge in [-0.05, 0) is 36.6 Å². The van der Waals surface area contributed by atoms with Gasteiger partial charge in [-0.1, -0.05) is 37.6 Å². The molecule has 122 valence electrons. The lowest BCUT2D eigenvalue weighted by Crippen LogP contribution is -2.33. The molecule has 3 nitrogen and oxygen atoms in total. The Labute approximate surface area is 143 Å². The zero-order valence-electron chi connectivity index (χ0n) is 13.9. The number of pyridine rings is 1. The first kappa shape index (κ1) is 17.5. The van der Waals surface area contributed by atoms with Crippen LogP contribution in [0.5, 0.6) is 0 Å². The van der Waals surface area contributed by atoms with Crippen LogP contribution in [0, 0.1) is 6.92 Å². The predicted octanol–water partition coefficient (Wildman–Crippen LogP) is 4.31. The molecule has 0 aliphatic carbocycles. The second-order valence-corrected chi connectivity index (χ2v) is 6.62. The van der Waals surface area contributed by atoms with Crippen molar-refractivity contribution >= 4 is 17.7 Å². The van der Waals surface area contributed by atoms with Gasteiger partial charge in [-0.25, -0.2) is 0 Å². The van der Waals surface area contributed by atoms with Crippen molar-refractivity contribution in [3.8, 4) is 0 Å². The highest BCUT2D eigenvalue weighted by Gasteiger charge is 2.14. The van der Waals surface area contributed by atoms with Crippen LogP contribution < -0.4 is 0 Å². The lowest BCUT2D eigenvalue weighted by atomic mass is 10.1. The Morgan fingerprint density at radius 2 is 1.91 bits per heavy atom. The van der Waals surface area contributed by atoms with E-state index in [1.165, 1.54) is 11.1 Å². The summed E-state index contributed by atoms with van der Waals surface area (Å²) in [6.07, 6.45) is 5.65. The molecule has 0 N–H and O–H groups in total. The molecule has 2 aromatic rings. The van der Waals surface area contributed by atoms with Crippen molar-refractivity contribution in [2.45, 2.75) is 38.1 Å². The van der Waals surface area contributed by atoms with Crippen LogP contribution in [0.1, 0.15) is 30.9 Å². The third kappa shape index (κ3) is 5.71. The third-order valence-corrected chi connectivity index (χ3v) is 4.77. The number of carbonyl (C=O) groups is 1. The van der Waals surface area contributed by atoms with Crippen LogP contribution in [0.4, 0.5) is 0 Å². The fourth-order valence-electron chi connectivity index (χ4n) is 2.30. The first-order valence-electron chi connectivity index (χ1n) is 8.05. The topological polar surface area (TPSA) is 33.2 Å². The van der Waals surface area contributed by atoms with E-state index in [1.807, 2.05) is 29.2 Å². The van der Waals surface area contributed by atoms with Crippen LogP contribution in [0.2, 0.25) is 0 Å². The molecule has 23 heavy (non-hydrogen) atoms. The largest absolute Gasteiger partial charge is 0.338 e. The zero-order valence-corrected chi connectivity index (χ0v) is 14.7. The summed E-state index contributed by atoms with van der Waals surface area (Å²) in [5, 5.41) is 0. The summed E-state index contributed by atoms with van der Waals surface area (Å²) < 4.78 is 0. The van der Waals surface area contributed by atoms with E-state index in [0.717, 1.165) is 24.3 Å². The maximum absolute atomic E-state index is 12.6. The summed E-state index contributed by atoms with van der Waals surface area (Å²) >= 11 is 1.57. The fraction of sp³-hybridized carbons (Fsp3) is 0.368. The molecule has 1 heterocycles. The van der Waals surface area contributed by atoms with Crippen LogP contribution in [0.25, 0.3) is 0 Å². The molecule has 0 unspecified atom stereocenters. The number of aromatic nitrogens is 1. The number of nitrogens with zero attached hydrogens (tertiary/aromatic N) is 2. The molecule has 1 aromatic heterocycles. The van der Waals surface area contributed by atoms with Crippen LogP contribution in [0.15, 0.2) is 53.7 Å². The van der Waals surface area contributed by atoms with Crippen molar-refractivity contribution in [2.24, 2.45) is 0 Å². The second kappa shape index (κ2) is 9.36. The molecule has 0 bridgehead atoms. The average molecular weight is 328 g/mol. The fourth-order valence-corrected chi connectivity index (χ4v) is 3.09. The third-order valence-electron chi connectivity index (χ3n) is 3.77. The standard InChI is InChI=1S/C19H24N2OS/c1-3-4-13-21(14-17-8-6-5-7-16(17)2)19(22)15-23-18-9-11-20-12-10-18/h5-12H,3-4,13-15H2,1-2H3. The highest BCUT2D eigenvalue weighted by molar-refractivity contribution is 8.00. The first-order chi connectivity index (χ1) is 11.2. The van der Waals surface area contributed by atoms with E-state index < -0.39 is 0 Å². The number of hydrogen-bond donors (Lipinski definition) is 0. The Morgan fingerprint density at radius 3 is 2.61 bits per heavy atom. The maximum Gasteiger partial charge on any atom is 0.233 e. The SMILES string of the molecule is CCCCN(Cc1ccccc1C)C(=O)CSc1ccncc1. The molecule has 2 rings (SSSR count). The van der Waals surface area contributed by atoms with Crippen LogP contribution in [0.3, 0.4) is 0 Å². The molecule has 0 aliphatic rings. The Morgan fingerprint density at radius 1 is 1.17 bits per heavy atom. The number of amides is 1. The van der Waals surface area contributed by atoms with Gasteiger partial charge in [-0.2, -0.15) is 0 Å². The number of rotatable bonds is 8. The molecule has 0 radical (unpaired) electrons. The second-order valence-electron chi connectivity index (χ2n) is 5.57. The maximum atomic E-state index is 12.6. The van der Waals surface area contributed by atoms with Gasteiger partial charge in [0, 0.05) is 30.4 Å². The summed E-state index contributed by atoms with van der Waals surface area (Å²) in [5.74, 6) is 0.670. The minimum Gasteiger partial charge on any atom is -0.338 e. The van der Waals surface area contributed by atoms with E-state index in [4.69, 9.17) is 0 Å². The molecular formula is C19H24N2OS. The number of hydrogen-bond acceptors (Lipinski definition) is 3. The molecule has 4 heteroatoms. The minimum atomic E-state index is 0.198. The number of aryl methyl sites for hydroxylation is 1. The monoisotopic (exact) mass is 328 g/mol. The molecule has 0 atom stereocenters. The average Bonchev–Trinajstić information content (AvgIpc) is 2.59. The van der Waals surface area contributed by atoms with Crippen molar-refractivity contribution < 1.29 is 4.79 Å². The van der Waals surface area contributed by atoms with E-state index in [2.05, 4.69) is 31.0 Å². The van der Waals surface area contributed by atoms with E-state index in [9.17, 15) is 4.79 Å². The van der Waals surface area contributed by atoms with Crippen molar-refractivity contribution in [3.63, 3.8) is 0 Å². The van der Waals surface area contributed by atoms with Gasteiger partial charge in [0.2, 0.25) is 5.91 Å². The van der Waals surface area contributed by atoms with Gasteiger partial charge in [0.1, 0.15) is 0 Å². The summed E-state index contributed by atoms with van der Waals surface area (Å²) in [4.78, 5) is 19.7. The Bertz CT molecular complexity index is 616. The van der Waals surface area contributed by atoms with E-state index in [-0.39, 0.29) is 5.91 Å². The van der Waals surface area contributed by atoms with Gasteiger partial charge in [-0.15, -0.1) is 11.8 Å². The predicted molar refractivity (Wildman–Crippen MR) is 96.5 cm³/mol. The van der Waals surface area contributed by atoms with Crippen molar-refractivity contribution in [1.29, 1.82) is 0 Å². The molecule has 1 amide bonds. The quantitative estimate of drug-likeness (QED) is 0.677. The minimum absolute atomic E-state index is 0.198. The van der Waals surface area contributed by atoms with Crippen molar-refractivity contribution in [1.82, 2.24) is 9.88 Å². The van der Waals surface area contributed by atoms with Crippen molar-refractivity contribution in [2.75, 3.05) is 12.3 Å². The Hall–Kier alpha value is -1.81. The summed E-state index contributed by atoms with van der Waals surface area (Å²) in [5.41, 5.74) is 2.47. The molecule has 0 saturated carbocycles. The van der Waals surface area contributed by atoms with Gasteiger partial charge in [0.15, 0.2) is 0 Å². The van der Waals surface area contributed by atoms with Crippen molar-refractivity contribution in [3.05, 3.63) is 59.9 Å². The highest BCUT2D eigenvalue weighted by Crippen LogP contribution is 2.18. The van der Waals surface area contributed by atoms with Crippen LogP contribution in [-0.4, -0.2) is 28.1 Å². The summed E-state index contributed by atoms with van der Waals surface area (Å²) in [6, 6.07) is 12.2. The lowest BCUT2D eigenvalue weighted by Gasteiger charge is -2.23. The van der Waals surface area contributed by atoms with Gasteiger partial charge in [0.05, 0.1) is 5.75 Å². The first-order valence-corrected chi connectivity index (χ1v) is 9.04. The molecule has 0 saturated heterocycles. The lowest BCUT2D eigenvalue weighted by molar-refractivity contribution is -0.129. The number of unbranched alkanes of at least 4 members (excludes halogenated alkanes) is 1. The summed E-state index contributed by atoms with van der Waals surface area (Å²) in [6.45, 7) is 5.77. The van der Waals surface area contributed by atoms with Gasteiger partial charge in [0.25, 0.3) is 0 Å². The van der Waals surface area contributed by atoms with E-state index >= 15 is 0 Å². The molecule has 1 aromatic carbocycles. The number of thioether (sulfide) groups is 1. The van der Waals surface area contributed by atoms with Gasteiger partial charge < -0.3 is 4.90 Å². The highest BCUT2D eigenvalue weighted by atomic mass is 32.2. The van der Waals surface area contributed by atoms with Gasteiger partial charge >= 0.3 is 0 Å². The van der Waals surface area contributed by atoms with Crippen LogP contribution >= 0.6 is 11.8 Å². The Balaban J connectivity index is 1.99. The number of benzene rings is 1. The van der Waals surface area contributed by atoms with E-state index in [0.29, 0.717) is 12.3 Å². The molecule has 0 spiro atoms. The number of carbonyl (C=O) groups excluding carboxylic acids is 1. The smallest absolute Gasteiger partial charge is 0.233 e. The zero-order chi connectivity index (χ0) is 16.5. The van der Waals surface area contributed by atoms with Crippen LogP contribution in [-0.2, 0) is 11.3 Å². The molecular weight excluding hydrogens is 304 g/mol. The van der Waals surface area contributed by atoms with E-state index in [1.54, 1.807) is 24.2 Å². The molecule has 0 fully saturated rings. The summed E-state index contributed by atoms with van der Waals surface area (Å²) in [7, 11) is 0.